The Labute approximate surface area is 114 Å². The molecule has 90 valence electrons. The van der Waals surface area contributed by atoms with Crippen molar-refractivity contribution in [2.45, 2.75) is 0 Å². The highest BCUT2D eigenvalue weighted by atomic mass is 35.5. The van der Waals surface area contributed by atoms with Crippen molar-refractivity contribution >= 4 is 34.5 Å². The lowest BCUT2D eigenvalue weighted by atomic mass is 10.2. The van der Waals surface area contributed by atoms with Crippen LogP contribution in [0.4, 0.5) is 5.69 Å². The third-order valence-corrected chi connectivity index (χ3v) is 3.69. The first-order valence-electron chi connectivity index (χ1n) is 5.16. The molecule has 0 bridgehead atoms. The Balaban J connectivity index is 2.34. The van der Waals surface area contributed by atoms with Gasteiger partial charge in [-0.25, -0.2) is 0 Å². The second kappa shape index (κ2) is 5.21. The van der Waals surface area contributed by atoms with Crippen LogP contribution in [0.1, 0.15) is 15.2 Å². The van der Waals surface area contributed by atoms with Crippen molar-refractivity contribution in [2.24, 2.45) is 0 Å². The minimum absolute atomic E-state index is 0.172. The van der Waals surface area contributed by atoms with Gasteiger partial charge in [-0.3, -0.25) is 4.79 Å². The molecule has 1 heterocycles. The zero-order chi connectivity index (χ0) is 13.1. The molecule has 3 nitrogen and oxygen atoms in total. The highest BCUT2D eigenvalue weighted by molar-refractivity contribution is 7.18. The van der Waals surface area contributed by atoms with Crippen molar-refractivity contribution < 1.29 is 4.79 Å². The van der Waals surface area contributed by atoms with Gasteiger partial charge in [0.2, 0.25) is 0 Å². The van der Waals surface area contributed by atoms with E-state index in [0.29, 0.717) is 20.5 Å². The summed E-state index contributed by atoms with van der Waals surface area (Å²) in [5.74, 6) is -0.172. The fourth-order valence-electron chi connectivity index (χ4n) is 1.56. The number of para-hydroxylation sites is 1. The van der Waals surface area contributed by atoms with E-state index in [4.69, 9.17) is 16.9 Å². The fraction of sp³-hybridized carbons (Fsp3) is 0.0769. The number of thiophene rings is 1. The molecule has 0 N–H and O–H groups in total. The van der Waals surface area contributed by atoms with Gasteiger partial charge in [-0.1, -0.05) is 23.7 Å². The molecule has 1 aromatic carbocycles. The van der Waals surface area contributed by atoms with Gasteiger partial charge < -0.3 is 4.90 Å². The molecule has 5 heteroatoms. The van der Waals surface area contributed by atoms with E-state index in [0.717, 1.165) is 0 Å². The molecule has 0 unspecified atom stereocenters. The van der Waals surface area contributed by atoms with Crippen molar-refractivity contribution in [3.63, 3.8) is 0 Å². The second-order valence-corrected chi connectivity index (χ2v) is 5.31. The van der Waals surface area contributed by atoms with Crippen molar-refractivity contribution in [1.29, 1.82) is 5.26 Å². The molecule has 0 saturated heterocycles. The van der Waals surface area contributed by atoms with E-state index in [1.807, 2.05) is 0 Å². The summed E-state index contributed by atoms with van der Waals surface area (Å²) in [5.41, 5.74) is 1.06. The largest absolute Gasteiger partial charge is 0.309 e. The first-order valence-corrected chi connectivity index (χ1v) is 6.35. The maximum absolute atomic E-state index is 12.2. The molecule has 0 aliphatic carbocycles. The molecule has 0 radical (unpaired) electrons. The van der Waals surface area contributed by atoms with Crippen LogP contribution in [-0.4, -0.2) is 13.0 Å². The smallest absolute Gasteiger partial charge is 0.268 e. The Bertz CT molecular complexity index is 630. The normalized spacial score (nSPS) is 9.83. The van der Waals surface area contributed by atoms with E-state index in [2.05, 4.69) is 6.07 Å². The summed E-state index contributed by atoms with van der Waals surface area (Å²) in [6.45, 7) is 0. The molecule has 0 spiro atoms. The number of nitriles is 1. The minimum Gasteiger partial charge on any atom is -0.309 e. The summed E-state index contributed by atoms with van der Waals surface area (Å²) in [4.78, 5) is 14.2. The fourth-order valence-corrected chi connectivity index (χ4v) is 2.58. The summed E-state index contributed by atoms with van der Waals surface area (Å²) < 4.78 is 0.570. The van der Waals surface area contributed by atoms with Crippen LogP contribution in [0, 0.1) is 11.3 Å². The van der Waals surface area contributed by atoms with Gasteiger partial charge in [-0.2, -0.15) is 5.26 Å². The summed E-state index contributed by atoms with van der Waals surface area (Å²) in [6.07, 6.45) is 0. The molecular weight excluding hydrogens is 268 g/mol. The number of carbonyl (C=O) groups is 1. The van der Waals surface area contributed by atoms with E-state index < -0.39 is 0 Å². The van der Waals surface area contributed by atoms with Crippen LogP contribution in [0.25, 0.3) is 0 Å². The van der Waals surface area contributed by atoms with Gasteiger partial charge in [-0.05, 0) is 24.3 Å². The monoisotopic (exact) mass is 276 g/mol. The lowest BCUT2D eigenvalue weighted by molar-refractivity contribution is 0.0997. The van der Waals surface area contributed by atoms with Gasteiger partial charge in [0, 0.05) is 7.05 Å². The number of nitrogens with zero attached hydrogens (tertiary/aromatic N) is 2. The van der Waals surface area contributed by atoms with Crippen LogP contribution in [0.3, 0.4) is 0 Å². The van der Waals surface area contributed by atoms with Crippen LogP contribution in [0.2, 0.25) is 4.34 Å². The molecule has 0 atom stereocenters. The van der Waals surface area contributed by atoms with Gasteiger partial charge >= 0.3 is 0 Å². The molecule has 2 rings (SSSR count). The molecule has 0 saturated carbocycles. The highest BCUT2D eigenvalue weighted by Crippen LogP contribution is 2.25. The number of anilines is 1. The van der Waals surface area contributed by atoms with E-state index in [1.165, 1.54) is 16.2 Å². The van der Waals surface area contributed by atoms with Crippen LogP contribution in [-0.2, 0) is 0 Å². The topological polar surface area (TPSA) is 44.1 Å². The van der Waals surface area contributed by atoms with Gasteiger partial charge in [0.25, 0.3) is 5.91 Å². The average molecular weight is 277 g/mol. The first kappa shape index (κ1) is 12.6. The number of halogens is 1. The number of rotatable bonds is 2. The Hall–Kier alpha value is -1.83. The van der Waals surface area contributed by atoms with Crippen molar-refractivity contribution in [3.05, 3.63) is 51.2 Å². The third kappa shape index (κ3) is 2.37. The molecule has 2 aromatic rings. The SMILES string of the molecule is CN(C(=O)c1ccc(Cl)s1)c1ccccc1C#N. The summed E-state index contributed by atoms with van der Waals surface area (Å²) in [7, 11) is 1.64. The molecular formula is C13H9ClN2OS. The van der Waals surface area contributed by atoms with Crippen LogP contribution < -0.4 is 4.90 Å². The van der Waals surface area contributed by atoms with Crippen molar-refractivity contribution in [1.82, 2.24) is 0 Å². The van der Waals surface area contributed by atoms with Crippen molar-refractivity contribution in [2.75, 3.05) is 11.9 Å². The first-order chi connectivity index (χ1) is 8.63. The Morgan fingerprint density at radius 2 is 2.06 bits per heavy atom. The number of hydrogen-bond acceptors (Lipinski definition) is 3. The predicted molar refractivity (Wildman–Crippen MR) is 73.2 cm³/mol. The van der Waals surface area contributed by atoms with Crippen LogP contribution in [0.15, 0.2) is 36.4 Å². The molecule has 0 aliphatic rings. The Kier molecular flexibility index (Phi) is 3.66. The van der Waals surface area contributed by atoms with Gasteiger partial charge in [0.1, 0.15) is 6.07 Å². The average Bonchev–Trinajstić information content (AvgIpc) is 2.83. The molecule has 0 aliphatic heterocycles. The molecule has 18 heavy (non-hydrogen) atoms. The van der Waals surface area contributed by atoms with E-state index in [-0.39, 0.29) is 5.91 Å². The number of benzene rings is 1. The standard InChI is InChI=1S/C13H9ClN2OS/c1-16(10-5-3-2-4-9(10)8-15)13(17)11-6-7-12(14)18-11/h2-7H,1H3. The van der Waals surface area contributed by atoms with E-state index in [1.54, 1.807) is 43.4 Å². The Morgan fingerprint density at radius 3 is 2.67 bits per heavy atom. The molecule has 1 aromatic heterocycles. The lowest BCUT2D eigenvalue weighted by Crippen LogP contribution is -2.26. The summed E-state index contributed by atoms with van der Waals surface area (Å²) in [6, 6.07) is 12.4. The maximum Gasteiger partial charge on any atom is 0.268 e. The minimum atomic E-state index is -0.172. The number of carbonyl (C=O) groups excluding carboxylic acids is 1. The zero-order valence-electron chi connectivity index (χ0n) is 9.55. The quantitative estimate of drug-likeness (QED) is 0.842. The maximum atomic E-state index is 12.2. The lowest BCUT2D eigenvalue weighted by Gasteiger charge is -2.17. The summed E-state index contributed by atoms with van der Waals surface area (Å²) in [5, 5.41) is 9.02. The van der Waals surface area contributed by atoms with Gasteiger partial charge in [0.05, 0.1) is 20.5 Å². The molecule has 0 fully saturated rings. The van der Waals surface area contributed by atoms with E-state index >= 15 is 0 Å². The highest BCUT2D eigenvalue weighted by Gasteiger charge is 2.17. The Morgan fingerprint density at radius 1 is 1.33 bits per heavy atom. The molecule has 1 amide bonds. The van der Waals surface area contributed by atoms with Gasteiger partial charge in [-0.15, -0.1) is 11.3 Å². The van der Waals surface area contributed by atoms with E-state index in [9.17, 15) is 4.79 Å². The predicted octanol–water partition coefficient (Wildman–Crippen LogP) is 3.55. The third-order valence-electron chi connectivity index (χ3n) is 2.47. The summed E-state index contributed by atoms with van der Waals surface area (Å²) >= 11 is 7.03. The number of hydrogen-bond donors (Lipinski definition) is 0. The number of amides is 1. The second-order valence-electron chi connectivity index (χ2n) is 3.60. The zero-order valence-corrected chi connectivity index (χ0v) is 11.1. The van der Waals surface area contributed by atoms with Crippen molar-refractivity contribution in [3.8, 4) is 6.07 Å². The van der Waals surface area contributed by atoms with Crippen LogP contribution >= 0.6 is 22.9 Å². The van der Waals surface area contributed by atoms with Crippen LogP contribution in [0.5, 0.6) is 0 Å². The van der Waals surface area contributed by atoms with Gasteiger partial charge in [0.15, 0.2) is 0 Å².